The number of rotatable bonds is 6. The molecule has 2 rings (SSSR count). The van der Waals surface area contributed by atoms with Crippen molar-refractivity contribution in [1.29, 1.82) is 0 Å². The van der Waals surface area contributed by atoms with Gasteiger partial charge in [0.15, 0.2) is 0 Å². The molecule has 110 valence electrons. The zero-order valence-corrected chi connectivity index (χ0v) is 11.7. The van der Waals surface area contributed by atoms with Crippen LogP contribution < -0.4 is 0 Å². The lowest BCUT2D eigenvalue weighted by atomic mass is 10.1. The van der Waals surface area contributed by atoms with Crippen molar-refractivity contribution in [2.24, 2.45) is 0 Å². The van der Waals surface area contributed by atoms with Gasteiger partial charge in [-0.2, -0.15) is 5.21 Å². The normalized spacial score (nSPS) is 17.6. The summed E-state index contributed by atoms with van der Waals surface area (Å²) in [5.41, 5.74) is 0.975. The fourth-order valence-corrected chi connectivity index (χ4v) is 2.11. The molecule has 0 amide bonds. The van der Waals surface area contributed by atoms with Crippen molar-refractivity contribution in [2.75, 3.05) is 33.4 Å². The molecular weight excluding hydrogens is 262 g/mol. The van der Waals surface area contributed by atoms with Crippen molar-refractivity contribution in [3.63, 3.8) is 0 Å². The number of aromatic amines is 1. The average molecular weight is 281 g/mol. The second kappa shape index (κ2) is 7.11. The van der Waals surface area contributed by atoms with Gasteiger partial charge in [-0.3, -0.25) is 9.69 Å². The number of hydrogen-bond donors (Lipinski definition) is 1. The molecule has 8 heteroatoms. The lowest BCUT2D eigenvalue weighted by Gasteiger charge is -2.25. The van der Waals surface area contributed by atoms with E-state index in [1.165, 1.54) is 0 Å². The zero-order chi connectivity index (χ0) is 14.4. The summed E-state index contributed by atoms with van der Waals surface area (Å²) >= 11 is 0. The number of tetrazole rings is 1. The van der Waals surface area contributed by atoms with E-state index in [0.29, 0.717) is 19.0 Å². The van der Waals surface area contributed by atoms with Gasteiger partial charge in [0.05, 0.1) is 13.2 Å². The standard InChI is InChI=1S/C12H19N5O3/c1-9(8-19-2)20-11(18)7-17-5-3-4-10(6-17)12-13-15-16-14-12/h4,9H,3,5-8H2,1-2H3,(H,13,14,15,16). The van der Waals surface area contributed by atoms with E-state index in [1.807, 2.05) is 11.8 Å². The highest BCUT2D eigenvalue weighted by molar-refractivity contribution is 5.72. The van der Waals surface area contributed by atoms with E-state index < -0.39 is 0 Å². The maximum Gasteiger partial charge on any atom is 0.320 e. The molecule has 1 N–H and O–H groups in total. The molecule has 0 aromatic carbocycles. The summed E-state index contributed by atoms with van der Waals surface area (Å²) in [5, 5.41) is 13.9. The molecule has 0 spiro atoms. The van der Waals surface area contributed by atoms with Gasteiger partial charge in [0.1, 0.15) is 6.10 Å². The Labute approximate surface area is 117 Å². The van der Waals surface area contributed by atoms with E-state index in [4.69, 9.17) is 9.47 Å². The predicted octanol–water partition coefficient (Wildman–Crippen LogP) is -0.133. The van der Waals surface area contributed by atoms with Gasteiger partial charge in [-0.15, -0.1) is 10.2 Å². The third-order valence-electron chi connectivity index (χ3n) is 2.95. The summed E-state index contributed by atoms with van der Waals surface area (Å²) < 4.78 is 10.2. The zero-order valence-electron chi connectivity index (χ0n) is 11.7. The van der Waals surface area contributed by atoms with Crippen molar-refractivity contribution in [1.82, 2.24) is 25.5 Å². The Bertz CT molecular complexity index is 460. The van der Waals surface area contributed by atoms with Crippen LogP contribution in [0.2, 0.25) is 0 Å². The first kappa shape index (κ1) is 14.6. The summed E-state index contributed by atoms with van der Waals surface area (Å²) in [6, 6.07) is 0. The van der Waals surface area contributed by atoms with Crippen LogP contribution in [0.1, 0.15) is 19.2 Å². The van der Waals surface area contributed by atoms with Crippen LogP contribution in [0.25, 0.3) is 5.57 Å². The number of nitrogens with zero attached hydrogens (tertiary/aromatic N) is 4. The first-order valence-corrected chi connectivity index (χ1v) is 6.52. The minimum Gasteiger partial charge on any atom is -0.459 e. The highest BCUT2D eigenvalue weighted by atomic mass is 16.6. The lowest BCUT2D eigenvalue weighted by molar-refractivity contribution is -0.151. The number of H-pyrrole nitrogens is 1. The van der Waals surface area contributed by atoms with E-state index in [1.54, 1.807) is 7.11 Å². The van der Waals surface area contributed by atoms with Gasteiger partial charge in [-0.1, -0.05) is 6.08 Å². The molecule has 20 heavy (non-hydrogen) atoms. The number of nitrogens with one attached hydrogen (secondary N) is 1. The lowest BCUT2D eigenvalue weighted by Crippen LogP contribution is -2.36. The van der Waals surface area contributed by atoms with Crippen molar-refractivity contribution in [3.05, 3.63) is 11.9 Å². The van der Waals surface area contributed by atoms with E-state index >= 15 is 0 Å². The summed E-state index contributed by atoms with van der Waals surface area (Å²) in [7, 11) is 1.58. The summed E-state index contributed by atoms with van der Waals surface area (Å²) in [6.45, 7) is 3.90. The highest BCUT2D eigenvalue weighted by Gasteiger charge is 2.20. The molecule has 0 aliphatic carbocycles. The molecule has 2 heterocycles. The van der Waals surface area contributed by atoms with Crippen LogP contribution in [-0.4, -0.2) is 70.9 Å². The molecule has 0 bridgehead atoms. The van der Waals surface area contributed by atoms with E-state index in [0.717, 1.165) is 18.5 Å². The van der Waals surface area contributed by atoms with Crippen molar-refractivity contribution in [2.45, 2.75) is 19.4 Å². The number of hydrogen-bond acceptors (Lipinski definition) is 7. The van der Waals surface area contributed by atoms with Crippen molar-refractivity contribution < 1.29 is 14.3 Å². The number of carbonyl (C=O) groups excluding carboxylic acids is 1. The van der Waals surface area contributed by atoms with Gasteiger partial charge in [0, 0.05) is 25.8 Å². The SMILES string of the molecule is COCC(C)OC(=O)CN1CCC=C(c2nn[nH]n2)C1. The number of methoxy groups -OCH3 is 1. The minimum absolute atomic E-state index is 0.232. The van der Waals surface area contributed by atoms with E-state index in [-0.39, 0.29) is 18.6 Å². The molecule has 1 aliphatic rings. The Kier molecular flexibility index (Phi) is 5.19. The molecule has 1 unspecified atom stereocenters. The van der Waals surface area contributed by atoms with Crippen LogP contribution in [0.4, 0.5) is 0 Å². The van der Waals surface area contributed by atoms with Gasteiger partial charge in [-0.05, 0) is 18.6 Å². The average Bonchev–Trinajstić information content (AvgIpc) is 2.92. The van der Waals surface area contributed by atoms with Crippen LogP contribution in [0.3, 0.4) is 0 Å². The molecular formula is C12H19N5O3. The fraction of sp³-hybridized carbons (Fsp3) is 0.667. The highest BCUT2D eigenvalue weighted by Crippen LogP contribution is 2.16. The molecule has 0 saturated carbocycles. The number of carbonyl (C=O) groups is 1. The van der Waals surface area contributed by atoms with E-state index in [2.05, 4.69) is 26.7 Å². The van der Waals surface area contributed by atoms with Gasteiger partial charge in [0.2, 0.25) is 5.82 Å². The van der Waals surface area contributed by atoms with Gasteiger partial charge in [0.25, 0.3) is 0 Å². The third-order valence-corrected chi connectivity index (χ3v) is 2.95. The summed E-state index contributed by atoms with van der Waals surface area (Å²) in [4.78, 5) is 13.8. The van der Waals surface area contributed by atoms with Gasteiger partial charge in [-0.25, -0.2) is 0 Å². The Morgan fingerprint density at radius 3 is 3.15 bits per heavy atom. The smallest absolute Gasteiger partial charge is 0.320 e. The molecule has 8 nitrogen and oxygen atoms in total. The predicted molar refractivity (Wildman–Crippen MR) is 70.6 cm³/mol. The van der Waals surface area contributed by atoms with Crippen LogP contribution in [0, 0.1) is 0 Å². The third kappa shape index (κ3) is 4.10. The Hall–Kier alpha value is -1.80. The Morgan fingerprint density at radius 2 is 2.45 bits per heavy atom. The monoisotopic (exact) mass is 281 g/mol. The van der Waals surface area contributed by atoms with Crippen molar-refractivity contribution in [3.8, 4) is 0 Å². The Balaban J connectivity index is 1.83. The first-order valence-electron chi connectivity index (χ1n) is 6.52. The molecule has 0 fully saturated rings. The number of aromatic nitrogens is 4. The van der Waals surface area contributed by atoms with Gasteiger partial charge >= 0.3 is 5.97 Å². The Morgan fingerprint density at radius 1 is 1.60 bits per heavy atom. The van der Waals surface area contributed by atoms with Crippen LogP contribution >= 0.6 is 0 Å². The maximum atomic E-state index is 11.8. The summed E-state index contributed by atoms with van der Waals surface area (Å²) in [6.07, 6.45) is 2.69. The minimum atomic E-state index is -0.246. The fourth-order valence-electron chi connectivity index (χ4n) is 2.11. The molecule has 1 aromatic heterocycles. The molecule has 1 aromatic rings. The largest absolute Gasteiger partial charge is 0.459 e. The van der Waals surface area contributed by atoms with Crippen LogP contribution in [0.15, 0.2) is 6.08 Å². The number of esters is 1. The van der Waals surface area contributed by atoms with E-state index in [9.17, 15) is 4.79 Å². The molecule has 0 radical (unpaired) electrons. The van der Waals surface area contributed by atoms with Gasteiger partial charge < -0.3 is 9.47 Å². The first-order chi connectivity index (χ1) is 9.69. The quantitative estimate of drug-likeness (QED) is 0.726. The second-order valence-electron chi connectivity index (χ2n) is 4.72. The molecule has 0 saturated heterocycles. The van der Waals surface area contributed by atoms with Crippen LogP contribution in [-0.2, 0) is 14.3 Å². The summed E-state index contributed by atoms with van der Waals surface area (Å²) in [5.74, 6) is 0.333. The molecule has 1 atom stereocenters. The topological polar surface area (TPSA) is 93.2 Å². The maximum absolute atomic E-state index is 11.8. The molecule has 1 aliphatic heterocycles. The number of ether oxygens (including phenoxy) is 2. The second-order valence-corrected chi connectivity index (χ2v) is 4.72. The van der Waals surface area contributed by atoms with Crippen molar-refractivity contribution >= 4 is 11.5 Å². The van der Waals surface area contributed by atoms with Crippen LogP contribution in [0.5, 0.6) is 0 Å².